The molecule has 2 fully saturated rings. The van der Waals surface area contributed by atoms with E-state index in [1.54, 1.807) is 10.8 Å². The van der Waals surface area contributed by atoms with Crippen molar-refractivity contribution in [1.82, 2.24) is 9.55 Å². The van der Waals surface area contributed by atoms with Gasteiger partial charge in [-0.05, 0) is 0 Å². The summed E-state index contributed by atoms with van der Waals surface area (Å²) in [4.78, 5) is 16.6. The summed E-state index contributed by atoms with van der Waals surface area (Å²) < 4.78 is 8.23. The van der Waals surface area contributed by atoms with Crippen LogP contribution in [0.4, 0.5) is 0 Å². The summed E-state index contributed by atoms with van der Waals surface area (Å²) in [6, 6.07) is 0. The van der Waals surface area contributed by atoms with Crippen molar-refractivity contribution in [2.75, 3.05) is 6.54 Å². The van der Waals surface area contributed by atoms with Crippen molar-refractivity contribution in [3.05, 3.63) is 12.0 Å². The molecule has 2 aliphatic rings. The van der Waals surface area contributed by atoms with Crippen LogP contribution < -0.4 is 15.9 Å². The number of carbonyl (C=O) groups excluding carboxylic acids is 1. The third-order valence-electron chi connectivity index (χ3n) is 4.95. The summed E-state index contributed by atoms with van der Waals surface area (Å²) in [5, 5.41) is 20.4. The van der Waals surface area contributed by atoms with Crippen LogP contribution in [0.15, 0.2) is 6.20 Å². The minimum atomic E-state index is -1.14. The third-order valence-corrected chi connectivity index (χ3v) is 5.54. The van der Waals surface area contributed by atoms with E-state index in [1.165, 1.54) is 16.9 Å². The quantitative estimate of drug-likeness (QED) is 0.394. The number of halogens is 1. The second-order valence-corrected chi connectivity index (χ2v) is 7.55. The molecule has 5 atom stereocenters. The first-order valence-electron chi connectivity index (χ1n) is 7.77. The molecule has 1 saturated heterocycles. The van der Waals surface area contributed by atoms with Crippen LogP contribution in [0.25, 0.3) is 0 Å². The van der Waals surface area contributed by atoms with Crippen molar-refractivity contribution in [2.24, 2.45) is 11.5 Å². The molecule has 0 spiro atoms. The monoisotopic (exact) mass is 422 g/mol. The molecular formula is C14H24AsClN4O4. The van der Waals surface area contributed by atoms with Crippen molar-refractivity contribution in [2.45, 2.75) is 55.6 Å². The summed E-state index contributed by atoms with van der Waals surface area (Å²) in [6.45, 7) is 0.0965. The Morgan fingerprint density at radius 2 is 2.04 bits per heavy atom. The van der Waals surface area contributed by atoms with E-state index in [1.807, 2.05) is 0 Å². The average Bonchev–Trinajstić information content (AvgIpc) is 3.19. The number of aliphatic hydroxyl groups is 2. The van der Waals surface area contributed by atoms with Crippen LogP contribution in [0.1, 0.15) is 37.6 Å². The summed E-state index contributed by atoms with van der Waals surface area (Å²) in [6.07, 6.45) is 1.22. The molecule has 0 bridgehead atoms. The van der Waals surface area contributed by atoms with Crippen LogP contribution in [0.5, 0.6) is 0 Å². The molecule has 0 aromatic carbocycles. The second kappa shape index (κ2) is 7.31. The fraction of sp³-hybridized carbons (Fsp3) is 0.714. The molecule has 24 heavy (non-hydrogen) atoms. The van der Waals surface area contributed by atoms with Crippen LogP contribution in [-0.2, 0) is 15.1 Å². The van der Waals surface area contributed by atoms with E-state index in [0.29, 0.717) is 18.7 Å². The first kappa shape index (κ1) is 19.7. The van der Waals surface area contributed by atoms with Crippen LogP contribution in [0, 0.1) is 0 Å². The fourth-order valence-electron chi connectivity index (χ4n) is 3.68. The number of aromatic nitrogens is 2. The zero-order valence-electron chi connectivity index (χ0n) is 13.2. The van der Waals surface area contributed by atoms with Gasteiger partial charge in [-0.1, -0.05) is 0 Å². The average molecular weight is 423 g/mol. The molecular weight excluding hydrogens is 399 g/mol. The van der Waals surface area contributed by atoms with Gasteiger partial charge in [0.25, 0.3) is 0 Å². The number of primary amides is 1. The topological polar surface area (TPSA) is 137 Å². The molecule has 1 aromatic rings. The van der Waals surface area contributed by atoms with Gasteiger partial charge in [-0.25, -0.2) is 0 Å². The number of nitrogens with zero attached hydrogens (tertiary/aromatic N) is 2. The van der Waals surface area contributed by atoms with Crippen molar-refractivity contribution < 1.29 is 19.7 Å². The molecule has 1 unspecified atom stereocenters. The standard InChI is InChI=1S/C14H23AsN4O4.ClH/c15-8-6-19(14(13(17)22)3-1-2-4-14)12(18-8)11-10(21)9(20)7(5-16)23-11;/h6-7,9-11,20-21H,1-5,15-16H2,(H2,17,22);1H/t7-,9-,10-,11-;/m1./s1. The summed E-state index contributed by atoms with van der Waals surface area (Å²) in [5.74, 6) is 0.0390. The van der Waals surface area contributed by atoms with Crippen LogP contribution in [0.3, 0.4) is 0 Å². The number of nitrogens with two attached hydrogens (primary N) is 2. The molecule has 1 aliphatic heterocycles. The number of amides is 1. The number of carbonyl (C=O) groups is 1. The Bertz CT molecular complexity index is 608. The Balaban J connectivity index is 0.00000208. The fourth-order valence-corrected chi connectivity index (χ4v) is 4.27. The van der Waals surface area contributed by atoms with E-state index in [9.17, 15) is 15.0 Å². The third kappa shape index (κ3) is 3.00. The molecule has 1 aliphatic carbocycles. The molecule has 10 heteroatoms. The van der Waals surface area contributed by atoms with Gasteiger partial charge >= 0.3 is 142 Å². The normalized spacial score (nSPS) is 31.8. The van der Waals surface area contributed by atoms with Crippen molar-refractivity contribution in [3.8, 4) is 0 Å². The first-order valence-corrected chi connectivity index (χ1v) is 8.98. The molecule has 8 nitrogen and oxygen atoms in total. The number of rotatable bonds is 4. The molecule has 1 aromatic heterocycles. The van der Waals surface area contributed by atoms with E-state index < -0.39 is 35.9 Å². The summed E-state index contributed by atoms with van der Waals surface area (Å²) in [7, 11) is 0. The molecule has 1 amide bonds. The maximum atomic E-state index is 12.2. The molecule has 136 valence electrons. The van der Waals surface area contributed by atoms with Gasteiger partial charge in [0.05, 0.1) is 0 Å². The zero-order valence-corrected chi connectivity index (χ0v) is 16.4. The Kier molecular flexibility index (Phi) is 6.00. The Labute approximate surface area is 154 Å². The first-order chi connectivity index (χ1) is 10.9. The van der Waals surface area contributed by atoms with E-state index in [4.69, 9.17) is 16.2 Å². The van der Waals surface area contributed by atoms with E-state index in [-0.39, 0.29) is 19.0 Å². The van der Waals surface area contributed by atoms with Crippen molar-refractivity contribution in [1.29, 1.82) is 0 Å². The van der Waals surface area contributed by atoms with E-state index in [0.717, 1.165) is 17.3 Å². The SMILES string of the molecule is Cl.NC[C@H]1O[C@@H](c2nc([AsH2])cn2C2(C(N)=O)CCCC2)[C@H](O)[C@@H]1O. The number of aliphatic hydroxyl groups excluding tert-OH is 2. The van der Waals surface area contributed by atoms with Gasteiger partial charge in [-0.2, -0.15) is 0 Å². The summed E-state index contributed by atoms with van der Waals surface area (Å²) >= 11 is 1.31. The van der Waals surface area contributed by atoms with Crippen molar-refractivity contribution in [3.63, 3.8) is 0 Å². The molecule has 3 rings (SSSR count). The van der Waals surface area contributed by atoms with Gasteiger partial charge in [0.1, 0.15) is 0 Å². The number of imidazole rings is 1. The van der Waals surface area contributed by atoms with Gasteiger partial charge in [0.15, 0.2) is 0 Å². The van der Waals surface area contributed by atoms with Gasteiger partial charge in [-0.15, -0.1) is 12.4 Å². The number of ether oxygens (including phenoxy) is 1. The Morgan fingerprint density at radius 1 is 1.42 bits per heavy atom. The van der Waals surface area contributed by atoms with Gasteiger partial charge in [0, 0.05) is 0 Å². The minimum absolute atomic E-state index is 0. The maximum absolute atomic E-state index is 12.2. The predicted molar refractivity (Wildman–Crippen MR) is 92.0 cm³/mol. The number of hydrogen-bond acceptors (Lipinski definition) is 6. The van der Waals surface area contributed by atoms with E-state index >= 15 is 0 Å². The Hall–Kier alpha value is -0.632. The molecule has 1 saturated carbocycles. The molecule has 2 heterocycles. The van der Waals surface area contributed by atoms with Gasteiger partial charge in [-0.3, -0.25) is 0 Å². The second-order valence-electron chi connectivity index (χ2n) is 6.31. The molecule has 6 N–H and O–H groups in total. The Morgan fingerprint density at radius 3 is 2.54 bits per heavy atom. The van der Waals surface area contributed by atoms with Crippen LogP contribution in [0.2, 0.25) is 0 Å². The van der Waals surface area contributed by atoms with Gasteiger partial charge < -0.3 is 0 Å². The molecule has 0 radical (unpaired) electrons. The predicted octanol–water partition coefficient (Wildman–Crippen LogP) is -2.56. The zero-order chi connectivity index (χ0) is 16.8. The number of hydrogen-bond donors (Lipinski definition) is 4. The van der Waals surface area contributed by atoms with Crippen LogP contribution in [-0.4, -0.2) is 67.4 Å². The van der Waals surface area contributed by atoms with Gasteiger partial charge in [0.2, 0.25) is 0 Å². The summed E-state index contributed by atoms with van der Waals surface area (Å²) in [5.41, 5.74) is 10.4. The van der Waals surface area contributed by atoms with Crippen LogP contribution >= 0.6 is 12.4 Å². The van der Waals surface area contributed by atoms with E-state index in [2.05, 4.69) is 4.98 Å². The van der Waals surface area contributed by atoms with Crippen molar-refractivity contribution >= 4 is 39.6 Å².